The van der Waals surface area contributed by atoms with Crippen molar-refractivity contribution in [3.8, 4) is 5.75 Å². The van der Waals surface area contributed by atoms with Crippen LogP contribution >= 0.6 is 15.9 Å². The molecule has 0 saturated heterocycles. The first-order valence-corrected chi connectivity index (χ1v) is 6.41. The normalized spacial score (nSPS) is 11.6. The number of benzene rings is 1. The molecule has 1 aromatic rings. The fourth-order valence-electron chi connectivity index (χ4n) is 1.44. The fraction of sp³-hybridized carbons (Fsp3) is 0.538. The molecule has 0 unspecified atom stereocenters. The maximum absolute atomic E-state index is 10.1. The Balaban J connectivity index is 2.67. The Labute approximate surface area is 106 Å². The van der Waals surface area contributed by atoms with Crippen LogP contribution in [0.5, 0.6) is 5.75 Å². The van der Waals surface area contributed by atoms with E-state index in [0.717, 1.165) is 15.8 Å². The summed E-state index contributed by atoms with van der Waals surface area (Å²) in [5, 5.41) is 10.1. The lowest BCUT2D eigenvalue weighted by Crippen LogP contribution is -2.34. The van der Waals surface area contributed by atoms with Crippen molar-refractivity contribution < 1.29 is 9.84 Å². The Kier molecular flexibility index (Phi) is 4.81. The van der Waals surface area contributed by atoms with Crippen molar-refractivity contribution in [3.63, 3.8) is 0 Å². The molecule has 0 radical (unpaired) electrons. The van der Waals surface area contributed by atoms with E-state index in [4.69, 9.17) is 4.74 Å². The Bertz CT molecular complexity index is 346. The van der Waals surface area contributed by atoms with Gasteiger partial charge in [-0.2, -0.15) is 0 Å². The van der Waals surface area contributed by atoms with E-state index in [-0.39, 0.29) is 0 Å². The van der Waals surface area contributed by atoms with Crippen LogP contribution in [-0.2, 0) is 0 Å². The average molecular weight is 287 g/mol. The van der Waals surface area contributed by atoms with Gasteiger partial charge in [-0.05, 0) is 43.5 Å². The van der Waals surface area contributed by atoms with E-state index in [1.165, 1.54) is 0 Å². The molecule has 0 fully saturated rings. The molecule has 16 heavy (non-hydrogen) atoms. The third kappa shape index (κ3) is 3.49. The van der Waals surface area contributed by atoms with Gasteiger partial charge in [-0.1, -0.05) is 29.8 Å². The van der Waals surface area contributed by atoms with Gasteiger partial charge in [-0.3, -0.25) is 0 Å². The summed E-state index contributed by atoms with van der Waals surface area (Å²) in [4.78, 5) is 0. The summed E-state index contributed by atoms with van der Waals surface area (Å²) < 4.78 is 6.71. The number of aryl methyl sites for hydroxylation is 1. The van der Waals surface area contributed by atoms with E-state index >= 15 is 0 Å². The van der Waals surface area contributed by atoms with Crippen molar-refractivity contribution in [2.45, 2.75) is 39.2 Å². The molecule has 0 heterocycles. The second kappa shape index (κ2) is 5.69. The molecule has 3 heteroatoms. The second-order valence-electron chi connectivity index (χ2n) is 4.13. The maximum Gasteiger partial charge on any atom is 0.122 e. The third-order valence-electron chi connectivity index (χ3n) is 2.95. The summed E-state index contributed by atoms with van der Waals surface area (Å²) in [6.45, 7) is 6.29. The zero-order valence-corrected chi connectivity index (χ0v) is 11.7. The number of halogens is 1. The molecular weight excluding hydrogens is 268 g/mol. The zero-order chi connectivity index (χ0) is 12.2. The molecule has 90 valence electrons. The van der Waals surface area contributed by atoms with Gasteiger partial charge in [0, 0.05) is 4.47 Å². The predicted molar refractivity (Wildman–Crippen MR) is 69.9 cm³/mol. The second-order valence-corrected chi connectivity index (χ2v) is 5.05. The number of ether oxygens (including phenoxy) is 1. The monoisotopic (exact) mass is 286 g/mol. The van der Waals surface area contributed by atoms with Gasteiger partial charge in [-0.25, -0.2) is 0 Å². The molecule has 0 atom stereocenters. The molecular formula is C13H19BrO2. The molecule has 2 nitrogen and oxygen atoms in total. The Morgan fingerprint density at radius 3 is 2.44 bits per heavy atom. The number of hydrogen-bond donors (Lipinski definition) is 1. The summed E-state index contributed by atoms with van der Waals surface area (Å²) in [5.74, 6) is 0.837. The van der Waals surface area contributed by atoms with Crippen LogP contribution in [0.3, 0.4) is 0 Å². The van der Waals surface area contributed by atoms with Crippen LogP contribution in [0.2, 0.25) is 0 Å². The molecule has 0 spiro atoms. The van der Waals surface area contributed by atoms with Gasteiger partial charge in [0.15, 0.2) is 0 Å². The summed E-state index contributed by atoms with van der Waals surface area (Å²) in [5.41, 5.74) is 0.364. The average Bonchev–Trinajstić information content (AvgIpc) is 2.27. The Morgan fingerprint density at radius 1 is 1.31 bits per heavy atom. The van der Waals surface area contributed by atoms with Crippen molar-refractivity contribution in [2.24, 2.45) is 0 Å². The summed E-state index contributed by atoms with van der Waals surface area (Å²) in [7, 11) is 0. The van der Waals surface area contributed by atoms with Crippen molar-refractivity contribution in [3.05, 3.63) is 28.2 Å². The summed E-state index contributed by atoms with van der Waals surface area (Å²) in [6.07, 6.45) is 1.41. The first-order chi connectivity index (χ1) is 7.50. The minimum absolute atomic E-state index is 0.350. The fourth-order valence-corrected chi connectivity index (χ4v) is 1.92. The molecule has 0 saturated carbocycles. The quantitative estimate of drug-likeness (QED) is 0.895. The van der Waals surface area contributed by atoms with Crippen molar-refractivity contribution >= 4 is 15.9 Å². The molecule has 1 rings (SSSR count). The molecule has 0 bridgehead atoms. The van der Waals surface area contributed by atoms with E-state index < -0.39 is 5.60 Å². The van der Waals surface area contributed by atoms with Gasteiger partial charge >= 0.3 is 0 Å². The van der Waals surface area contributed by atoms with Crippen LogP contribution in [0.15, 0.2) is 22.7 Å². The van der Waals surface area contributed by atoms with E-state index in [0.29, 0.717) is 19.4 Å². The highest BCUT2D eigenvalue weighted by Crippen LogP contribution is 2.24. The smallest absolute Gasteiger partial charge is 0.122 e. The van der Waals surface area contributed by atoms with E-state index in [9.17, 15) is 5.11 Å². The molecule has 0 aliphatic carbocycles. The van der Waals surface area contributed by atoms with Crippen LogP contribution in [-0.4, -0.2) is 17.3 Å². The van der Waals surface area contributed by atoms with Crippen molar-refractivity contribution in [2.75, 3.05) is 6.61 Å². The first kappa shape index (κ1) is 13.5. The predicted octanol–water partition coefficient (Wildman–Crippen LogP) is 3.69. The highest BCUT2D eigenvalue weighted by Gasteiger charge is 2.23. The van der Waals surface area contributed by atoms with Gasteiger partial charge in [0.25, 0.3) is 0 Å². The molecule has 1 aromatic carbocycles. The third-order valence-corrected chi connectivity index (χ3v) is 3.44. The first-order valence-electron chi connectivity index (χ1n) is 5.62. The lowest BCUT2D eigenvalue weighted by Gasteiger charge is -2.25. The largest absolute Gasteiger partial charge is 0.490 e. The summed E-state index contributed by atoms with van der Waals surface area (Å²) >= 11 is 3.41. The highest BCUT2D eigenvalue weighted by atomic mass is 79.9. The number of hydrogen-bond acceptors (Lipinski definition) is 2. The SMILES string of the molecule is CCC(O)(CC)COc1ccc(Br)cc1C. The highest BCUT2D eigenvalue weighted by molar-refractivity contribution is 9.10. The Morgan fingerprint density at radius 2 is 1.94 bits per heavy atom. The van der Waals surface area contributed by atoms with Gasteiger partial charge < -0.3 is 9.84 Å². The lowest BCUT2D eigenvalue weighted by atomic mass is 9.99. The minimum atomic E-state index is -0.709. The minimum Gasteiger partial charge on any atom is -0.490 e. The van der Waals surface area contributed by atoms with Crippen molar-refractivity contribution in [1.82, 2.24) is 0 Å². The molecule has 0 amide bonds. The van der Waals surface area contributed by atoms with Crippen LogP contribution < -0.4 is 4.74 Å². The number of rotatable bonds is 5. The van der Waals surface area contributed by atoms with Crippen molar-refractivity contribution in [1.29, 1.82) is 0 Å². The zero-order valence-electron chi connectivity index (χ0n) is 10.1. The van der Waals surface area contributed by atoms with Gasteiger partial charge in [0.2, 0.25) is 0 Å². The topological polar surface area (TPSA) is 29.5 Å². The van der Waals surface area contributed by atoms with Gasteiger partial charge in [0.05, 0.1) is 5.60 Å². The van der Waals surface area contributed by atoms with Crippen LogP contribution in [0, 0.1) is 6.92 Å². The number of aliphatic hydroxyl groups is 1. The molecule has 0 aliphatic heterocycles. The van der Waals surface area contributed by atoms with Gasteiger partial charge in [-0.15, -0.1) is 0 Å². The van der Waals surface area contributed by atoms with E-state index in [2.05, 4.69) is 15.9 Å². The molecule has 1 N–H and O–H groups in total. The Hall–Kier alpha value is -0.540. The summed E-state index contributed by atoms with van der Waals surface area (Å²) in [6, 6.07) is 5.87. The van der Waals surface area contributed by atoms with E-state index in [1.54, 1.807) is 0 Å². The molecule has 0 aromatic heterocycles. The van der Waals surface area contributed by atoms with Crippen LogP contribution in [0.25, 0.3) is 0 Å². The lowest BCUT2D eigenvalue weighted by molar-refractivity contribution is -0.0115. The standard InChI is InChI=1S/C13H19BrO2/c1-4-13(15,5-2)9-16-12-7-6-11(14)8-10(12)3/h6-8,15H,4-5,9H2,1-3H3. The van der Waals surface area contributed by atoms with Gasteiger partial charge in [0.1, 0.15) is 12.4 Å². The molecule has 0 aliphatic rings. The maximum atomic E-state index is 10.1. The van der Waals surface area contributed by atoms with Crippen LogP contribution in [0.4, 0.5) is 0 Å². The van der Waals surface area contributed by atoms with E-state index in [1.807, 2.05) is 39.0 Å². The van der Waals surface area contributed by atoms with Crippen LogP contribution in [0.1, 0.15) is 32.3 Å².